The van der Waals surface area contributed by atoms with Gasteiger partial charge in [-0.05, 0) is 19.4 Å². The molecule has 0 bridgehead atoms. The van der Waals surface area contributed by atoms with Crippen LogP contribution >= 0.6 is 0 Å². The fourth-order valence-electron chi connectivity index (χ4n) is 1.40. The van der Waals surface area contributed by atoms with Crippen molar-refractivity contribution in [1.82, 2.24) is 16.0 Å². The first-order valence-corrected chi connectivity index (χ1v) is 4.74. The Labute approximate surface area is 82.6 Å². The van der Waals surface area contributed by atoms with E-state index in [2.05, 4.69) is 16.0 Å². The van der Waals surface area contributed by atoms with Crippen molar-refractivity contribution >= 4 is 11.9 Å². The first-order valence-electron chi connectivity index (χ1n) is 4.74. The van der Waals surface area contributed by atoms with Crippen LogP contribution in [0.1, 0.15) is 12.8 Å². The molecule has 80 valence electrons. The molecule has 3 amide bonds. The number of urea groups is 1. The monoisotopic (exact) mass is 200 g/mol. The maximum absolute atomic E-state index is 11.4. The van der Waals surface area contributed by atoms with Gasteiger partial charge in [0.05, 0.1) is 6.04 Å². The highest BCUT2D eigenvalue weighted by Gasteiger charge is 2.20. The summed E-state index contributed by atoms with van der Waals surface area (Å²) in [6, 6.07) is -0.637. The minimum absolute atomic E-state index is 0.00577. The molecule has 1 rings (SSSR count). The van der Waals surface area contributed by atoms with Gasteiger partial charge in [-0.2, -0.15) is 0 Å². The highest BCUT2D eigenvalue weighted by Crippen LogP contribution is 2.03. The van der Waals surface area contributed by atoms with Gasteiger partial charge in [-0.1, -0.05) is 0 Å². The Bertz CT molecular complexity index is 213. The summed E-state index contributed by atoms with van der Waals surface area (Å²) in [6.07, 6.45) is 1.92. The van der Waals surface area contributed by atoms with Gasteiger partial charge in [0, 0.05) is 13.1 Å². The van der Waals surface area contributed by atoms with E-state index in [4.69, 9.17) is 5.73 Å². The van der Waals surface area contributed by atoms with E-state index in [-0.39, 0.29) is 11.9 Å². The molecule has 1 heterocycles. The van der Waals surface area contributed by atoms with E-state index < -0.39 is 6.03 Å². The van der Waals surface area contributed by atoms with E-state index in [1.54, 1.807) is 0 Å². The van der Waals surface area contributed by atoms with Gasteiger partial charge < -0.3 is 21.7 Å². The second-order valence-corrected chi connectivity index (χ2v) is 3.23. The van der Waals surface area contributed by atoms with E-state index in [0.717, 1.165) is 19.4 Å². The van der Waals surface area contributed by atoms with Gasteiger partial charge in [-0.3, -0.25) is 4.79 Å². The topological polar surface area (TPSA) is 96.2 Å². The number of nitrogens with one attached hydrogen (secondary N) is 3. The summed E-state index contributed by atoms with van der Waals surface area (Å²) < 4.78 is 0. The van der Waals surface area contributed by atoms with Gasteiger partial charge in [0.2, 0.25) is 5.91 Å². The number of hydrogen-bond acceptors (Lipinski definition) is 3. The molecule has 14 heavy (non-hydrogen) atoms. The second kappa shape index (κ2) is 5.43. The smallest absolute Gasteiger partial charge is 0.312 e. The molecule has 1 unspecified atom stereocenters. The van der Waals surface area contributed by atoms with Gasteiger partial charge in [0.25, 0.3) is 0 Å². The van der Waals surface area contributed by atoms with Crippen molar-refractivity contribution in [2.75, 3.05) is 19.6 Å². The zero-order valence-electron chi connectivity index (χ0n) is 8.01. The molecule has 1 atom stereocenters. The summed E-state index contributed by atoms with van der Waals surface area (Å²) in [4.78, 5) is 21.7. The molecule has 1 aliphatic heterocycles. The lowest BCUT2D eigenvalue weighted by atomic mass is 10.2. The van der Waals surface area contributed by atoms with Crippen LogP contribution < -0.4 is 21.7 Å². The molecular formula is C8H16N4O2. The van der Waals surface area contributed by atoms with Crippen LogP contribution in [0, 0.1) is 0 Å². The predicted molar refractivity (Wildman–Crippen MR) is 51.6 cm³/mol. The van der Waals surface area contributed by atoms with Crippen molar-refractivity contribution in [3.05, 3.63) is 0 Å². The van der Waals surface area contributed by atoms with Crippen LogP contribution in [0.2, 0.25) is 0 Å². The van der Waals surface area contributed by atoms with Gasteiger partial charge in [-0.25, -0.2) is 4.79 Å². The van der Waals surface area contributed by atoms with Gasteiger partial charge in [0.1, 0.15) is 0 Å². The number of amides is 3. The Hall–Kier alpha value is -1.30. The molecule has 0 aromatic rings. The number of carbonyl (C=O) groups is 2. The van der Waals surface area contributed by atoms with Crippen LogP contribution in [0.4, 0.5) is 4.79 Å². The molecule has 1 fully saturated rings. The molecule has 0 aliphatic carbocycles. The average molecular weight is 200 g/mol. The molecule has 0 saturated carbocycles. The van der Waals surface area contributed by atoms with Gasteiger partial charge in [0.15, 0.2) is 0 Å². The van der Waals surface area contributed by atoms with E-state index in [9.17, 15) is 9.59 Å². The maximum atomic E-state index is 11.4. The molecule has 0 radical (unpaired) electrons. The van der Waals surface area contributed by atoms with Crippen LogP contribution in [0.3, 0.4) is 0 Å². The zero-order valence-corrected chi connectivity index (χ0v) is 8.01. The third-order valence-electron chi connectivity index (χ3n) is 2.10. The standard InChI is InChI=1S/C8H16N4O2/c9-8(14)12-5-4-11-7(13)6-2-1-3-10-6/h6,10H,1-5H2,(H,11,13)(H3,9,12,14). The summed E-state index contributed by atoms with van der Waals surface area (Å²) >= 11 is 0. The van der Waals surface area contributed by atoms with Crippen LogP contribution in [0.25, 0.3) is 0 Å². The van der Waals surface area contributed by atoms with Crippen LogP contribution in [0.5, 0.6) is 0 Å². The van der Waals surface area contributed by atoms with Crippen molar-refractivity contribution in [3.8, 4) is 0 Å². The van der Waals surface area contributed by atoms with E-state index in [0.29, 0.717) is 13.1 Å². The van der Waals surface area contributed by atoms with Gasteiger partial charge in [-0.15, -0.1) is 0 Å². The first kappa shape index (κ1) is 10.8. The molecule has 6 heteroatoms. The summed E-state index contributed by atoms with van der Waals surface area (Å²) in [6.45, 7) is 1.69. The highest BCUT2D eigenvalue weighted by atomic mass is 16.2. The minimum Gasteiger partial charge on any atom is -0.353 e. The molecule has 0 spiro atoms. The van der Waals surface area contributed by atoms with Crippen LogP contribution in [-0.2, 0) is 4.79 Å². The van der Waals surface area contributed by atoms with E-state index in [1.807, 2.05) is 0 Å². The second-order valence-electron chi connectivity index (χ2n) is 3.23. The lowest BCUT2D eigenvalue weighted by Gasteiger charge is -2.10. The molecule has 1 saturated heterocycles. The molecule has 6 nitrogen and oxygen atoms in total. The lowest BCUT2D eigenvalue weighted by Crippen LogP contribution is -2.44. The fraction of sp³-hybridized carbons (Fsp3) is 0.750. The summed E-state index contributed by atoms with van der Waals surface area (Å²) in [5.74, 6) is -0.00577. The summed E-state index contributed by atoms with van der Waals surface area (Å²) in [5, 5.41) is 8.19. The van der Waals surface area contributed by atoms with Crippen molar-refractivity contribution in [2.24, 2.45) is 5.73 Å². The Kier molecular flexibility index (Phi) is 4.18. The molecule has 1 aliphatic rings. The third kappa shape index (κ3) is 3.61. The Morgan fingerprint density at radius 1 is 1.36 bits per heavy atom. The van der Waals surface area contributed by atoms with Crippen molar-refractivity contribution in [3.63, 3.8) is 0 Å². The van der Waals surface area contributed by atoms with E-state index >= 15 is 0 Å². The number of rotatable bonds is 4. The molecule has 5 N–H and O–H groups in total. The number of hydrogen-bond donors (Lipinski definition) is 4. The van der Waals surface area contributed by atoms with Crippen LogP contribution in [-0.4, -0.2) is 37.6 Å². The zero-order chi connectivity index (χ0) is 10.4. The molecule has 0 aromatic carbocycles. The Morgan fingerprint density at radius 2 is 2.07 bits per heavy atom. The minimum atomic E-state index is -0.571. The molecular weight excluding hydrogens is 184 g/mol. The maximum Gasteiger partial charge on any atom is 0.312 e. The quantitative estimate of drug-likeness (QED) is 0.417. The Balaban J connectivity index is 2.05. The summed E-state index contributed by atoms with van der Waals surface area (Å²) in [5.41, 5.74) is 4.86. The predicted octanol–water partition coefficient (Wildman–Crippen LogP) is -1.48. The van der Waals surface area contributed by atoms with Crippen molar-refractivity contribution in [1.29, 1.82) is 0 Å². The summed E-state index contributed by atoms with van der Waals surface area (Å²) in [7, 11) is 0. The largest absolute Gasteiger partial charge is 0.353 e. The van der Waals surface area contributed by atoms with E-state index in [1.165, 1.54) is 0 Å². The van der Waals surface area contributed by atoms with Crippen LogP contribution in [0.15, 0.2) is 0 Å². The third-order valence-corrected chi connectivity index (χ3v) is 2.10. The first-order chi connectivity index (χ1) is 6.70. The number of carbonyl (C=O) groups excluding carboxylic acids is 2. The fourth-order valence-corrected chi connectivity index (χ4v) is 1.40. The van der Waals surface area contributed by atoms with Crippen molar-refractivity contribution in [2.45, 2.75) is 18.9 Å². The SMILES string of the molecule is NC(=O)NCCNC(=O)C1CCCN1. The lowest BCUT2D eigenvalue weighted by molar-refractivity contribution is -0.122. The Morgan fingerprint density at radius 3 is 2.64 bits per heavy atom. The molecule has 0 aromatic heterocycles. The highest BCUT2D eigenvalue weighted by molar-refractivity contribution is 5.82. The average Bonchev–Trinajstić information content (AvgIpc) is 2.64. The van der Waals surface area contributed by atoms with Crippen molar-refractivity contribution < 1.29 is 9.59 Å². The number of nitrogens with two attached hydrogens (primary N) is 1. The number of primary amides is 1. The van der Waals surface area contributed by atoms with Gasteiger partial charge >= 0.3 is 6.03 Å². The normalized spacial score (nSPS) is 20.4.